The molecule has 0 saturated carbocycles. The molecule has 0 saturated heterocycles. The second kappa shape index (κ2) is 13.4. The number of hydrogen-bond acceptors (Lipinski definition) is 4. The number of rotatable bonds is 11. The van der Waals surface area contributed by atoms with E-state index in [4.69, 9.17) is 4.74 Å². The van der Waals surface area contributed by atoms with E-state index in [1.54, 1.807) is 19.5 Å². The van der Waals surface area contributed by atoms with Crippen molar-refractivity contribution >= 4 is 11.9 Å². The van der Waals surface area contributed by atoms with Crippen LogP contribution in [0.15, 0.2) is 79.1 Å². The molecular weight excluding hydrogens is 464 g/mol. The van der Waals surface area contributed by atoms with Crippen molar-refractivity contribution in [3.8, 4) is 5.75 Å². The van der Waals surface area contributed by atoms with Crippen molar-refractivity contribution in [1.82, 2.24) is 20.5 Å². The zero-order valence-corrected chi connectivity index (χ0v) is 22.3. The lowest BCUT2D eigenvalue weighted by molar-refractivity contribution is -0.137. The molecule has 196 valence electrons. The predicted octanol–water partition coefficient (Wildman–Crippen LogP) is 5.10. The Balaban J connectivity index is 1.85. The first-order valence-corrected chi connectivity index (χ1v) is 12.7. The lowest BCUT2D eigenvalue weighted by Crippen LogP contribution is -2.47. The van der Waals surface area contributed by atoms with Gasteiger partial charge < -0.3 is 20.3 Å². The van der Waals surface area contributed by atoms with Gasteiger partial charge in [0.05, 0.1) is 13.0 Å². The fourth-order valence-corrected chi connectivity index (χ4v) is 4.69. The van der Waals surface area contributed by atoms with Crippen LogP contribution in [0.1, 0.15) is 56.2 Å². The van der Waals surface area contributed by atoms with Crippen molar-refractivity contribution in [2.75, 3.05) is 13.7 Å². The molecule has 2 atom stereocenters. The summed E-state index contributed by atoms with van der Waals surface area (Å²) in [6.45, 7) is 8.78. The highest BCUT2D eigenvalue weighted by atomic mass is 16.5. The highest BCUT2D eigenvalue weighted by Crippen LogP contribution is 2.35. The Morgan fingerprint density at radius 3 is 2.08 bits per heavy atom. The number of aromatic nitrogens is 1. The number of nitrogens with zero attached hydrogens (tertiary/aromatic N) is 2. The van der Waals surface area contributed by atoms with Crippen molar-refractivity contribution in [1.29, 1.82) is 0 Å². The molecule has 1 aromatic heterocycles. The molecule has 2 N–H and O–H groups in total. The largest absolute Gasteiger partial charge is 0.497 e. The summed E-state index contributed by atoms with van der Waals surface area (Å²) in [6, 6.07) is 21.0. The summed E-state index contributed by atoms with van der Waals surface area (Å²) in [5, 5.41) is 5.92. The minimum Gasteiger partial charge on any atom is -0.497 e. The molecule has 2 unspecified atom stereocenters. The van der Waals surface area contributed by atoms with Crippen LogP contribution in [-0.2, 0) is 11.3 Å². The van der Waals surface area contributed by atoms with Crippen molar-refractivity contribution in [2.24, 2.45) is 0 Å². The van der Waals surface area contributed by atoms with Crippen LogP contribution in [0.5, 0.6) is 5.75 Å². The minimum atomic E-state index is -0.511. The van der Waals surface area contributed by atoms with E-state index in [2.05, 4.69) is 15.6 Å². The smallest absolute Gasteiger partial charge is 0.315 e. The number of amides is 3. The van der Waals surface area contributed by atoms with Gasteiger partial charge in [0.1, 0.15) is 5.75 Å². The van der Waals surface area contributed by atoms with Gasteiger partial charge in [0, 0.05) is 43.5 Å². The number of benzene rings is 2. The van der Waals surface area contributed by atoms with E-state index in [9.17, 15) is 9.59 Å². The Hall–Kier alpha value is -3.87. The molecule has 3 aromatic rings. The Morgan fingerprint density at radius 2 is 1.51 bits per heavy atom. The van der Waals surface area contributed by atoms with Crippen LogP contribution in [0.4, 0.5) is 4.79 Å². The van der Waals surface area contributed by atoms with Gasteiger partial charge in [-0.05, 0) is 62.6 Å². The molecular formula is C30H38N4O3. The summed E-state index contributed by atoms with van der Waals surface area (Å²) in [7, 11) is 1.62. The van der Waals surface area contributed by atoms with Crippen LogP contribution in [-0.4, -0.2) is 47.6 Å². The van der Waals surface area contributed by atoms with E-state index in [1.165, 1.54) is 0 Å². The third-order valence-electron chi connectivity index (χ3n) is 6.40. The molecule has 7 nitrogen and oxygen atoms in total. The summed E-state index contributed by atoms with van der Waals surface area (Å²) < 4.78 is 5.19. The molecule has 0 aliphatic rings. The number of methoxy groups -OCH3 is 1. The summed E-state index contributed by atoms with van der Waals surface area (Å²) in [4.78, 5) is 33.1. The maximum absolute atomic E-state index is 14.1. The van der Waals surface area contributed by atoms with Gasteiger partial charge in [-0.2, -0.15) is 0 Å². The molecule has 2 aromatic carbocycles. The molecule has 0 radical (unpaired) electrons. The van der Waals surface area contributed by atoms with Crippen LogP contribution in [0.3, 0.4) is 0 Å². The van der Waals surface area contributed by atoms with E-state index in [0.29, 0.717) is 6.54 Å². The van der Waals surface area contributed by atoms with Crippen LogP contribution in [0.25, 0.3) is 0 Å². The van der Waals surface area contributed by atoms with Crippen molar-refractivity contribution < 1.29 is 14.3 Å². The molecule has 3 rings (SSSR count). The normalized spacial score (nSPS) is 12.6. The Kier molecular flexibility index (Phi) is 10.1. The summed E-state index contributed by atoms with van der Waals surface area (Å²) in [6.07, 6.45) is 3.46. The quantitative estimate of drug-likeness (QED) is 0.382. The fraction of sp³-hybridized carbons (Fsp3) is 0.367. The van der Waals surface area contributed by atoms with Gasteiger partial charge in [0.15, 0.2) is 0 Å². The van der Waals surface area contributed by atoms with Crippen molar-refractivity contribution in [3.63, 3.8) is 0 Å². The standard InChI is InChI=1S/C30H38N4O3/c1-21(2)34(22(3)4)29(35)28(25-12-9-17-31-19-25)27(24-10-7-6-8-11-24)20-33-30(36)32-18-23-13-15-26(37-5)16-14-23/h6-17,19,21-22,27-28H,18,20H2,1-5H3,(H2,32,33,36). The number of ether oxygens (including phenoxy) is 1. The van der Waals surface area contributed by atoms with E-state index in [1.807, 2.05) is 99.3 Å². The lowest BCUT2D eigenvalue weighted by Gasteiger charge is -2.37. The molecule has 0 aliphatic heterocycles. The highest BCUT2D eigenvalue weighted by Gasteiger charge is 2.36. The SMILES string of the molecule is COc1ccc(CNC(=O)NCC(c2ccccc2)C(C(=O)N(C(C)C)C(C)C)c2cccnc2)cc1. The molecule has 37 heavy (non-hydrogen) atoms. The molecule has 7 heteroatoms. The van der Waals surface area contributed by atoms with Gasteiger partial charge in [-0.25, -0.2) is 4.79 Å². The van der Waals surface area contributed by atoms with Crippen LogP contribution in [0, 0.1) is 0 Å². The minimum absolute atomic E-state index is 0.0206. The van der Waals surface area contributed by atoms with Gasteiger partial charge in [0.2, 0.25) is 5.91 Å². The number of nitrogens with one attached hydrogen (secondary N) is 2. The maximum atomic E-state index is 14.1. The van der Waals surface area contributed by atoms with E-state index < -0.39 is 5.92 Å². The Morgan fingerprint density at radius 1 is 0.865 bits per heavy atom. The van der Waals surface area contributed by atoms with Gasteiger partial charge in [-0.15, -0.1) is 0 Å². The van der Waals surface area contributed by atoms with Crippen LogP contribution >= 0.6 is 0 Å². The summed E-state index contributed by atoms with van der Waals surface area (Å²) in [5.74, 6) is -0.0124. The number of pyridine rings is 1. The van der Waals surface area contributed by atoms with Crippen molar-refractivity contribution in [3.05, 3.63) is 95.8 Å². The highest BCUT2D eigenvalue weighted by molar-refractivity contribution is 5.85. The summed E-state index contributed by atoms with van der Waals surface area (Å²) >= 11 is 0. The van der Waals surface area contributed by atoms with Crippen LogP contribution < -0.4 is 15.4 Å². The predicted molar refractivity (Wildman–Crippen MR) is 147 cm³/mol. The van der Waals surface area contributed by atoms with E-state index in [0.717, 1.165) is 22.4 Å². The first-order chi connectivity index (χ1) is 17.8. The second-order valence-corrected chi connectivity index (χ2v) is 9.63. The number of carbonyl (C=O) groups excluding carboxylic acids is 2. The third kappa shape index (κ3) is 7.56. The Labute approximate surface area is 220 Å². The zero-order chi connectivity index (χ0) is 26.8. The maximum Gasteiger partial charge on any atom is 0.315 e. The average molecular weight is 503 g/mol. The zero-order valence-electron chi connectivity index (χ0n) is 22.3. The lowest BCUT2D eigenvalue weighted by atomic mass is 9.80. The number of hydrogen-bond donors (Lipinski definition) is 2. The van der Waals surface area contributed by atoms with Gasteiger partial charge >= 0.3 is 6.03 Å². The molecule has 3 amide bonds. The van der Waals surface area contributed by atoms with Gasteiger partial charge in [-0.3, -0.25) is 9.78 Å². The molecule has 0 bridgehead atoms. The van der Waals surface area contributed by atoms with E-state index >= 15 is 0 Å². The molecule has 0 aliphatic carbocycles. The number of urea groups is 1. The van der Waals surface area contributed by atoms with Crippen molar-refractivity contribution in [2.45, 2.75) is 58.2 Å². The Bertz CT molecular complexity index is 1110. The fourth-order valence-electron chi connectivity index (χ4n) is 4.69. The van der Waals surface area contributed by atoms with Crippen LogP contribution in [0.2, 0.25) is 0 Å². The van der Waals surface area contributed by atoms with Gasteiger partial charge in [0.25, 0.3) is 0 Å². The van der Waals surface area contributed by atoms with E-state index in [-0.39, 0.29) is 36.5 Å². The monoisotopic (exact) mass is 502 g/mol. The first kappa shape index (κ1) is 27.7. The molecule has 0 fully saturated rings. The van der Waals surface area contributed by atoms with Gasteiger partial charge in [-0.1, -0.05) is 48.5 Å². The first-order valence-electron chi connectivity index (χ1n) is 12.7. The number of carbonyl (C=O) groups is 2. The molecule has 1 heterocycles. The average Bonchev–Trinajstić information content (AvgIpc) is 2.90. The third-order valence-corrected chi connectivity index (χ3v) is 6.40. The summed E-state index contributed by atoms with van der Waals surface area (Å²) in [5.41, 5.74) is 2.77. The second-order valence-electron chi connectivity index (χ2n) is 9.63. The molecule has 0 spiro atoms. The topological polar surface area (TPSA) is 83.6 Å².